The molecular weight excluding hydrogens is 264 g/mol. The van der Waals surface area contributed by atoms with Crippen molar-refractivity contribution in [1.29, 1.82) is 0 Å². The molecule has 0 saturated heterocycles. The lowest BCUT2D eigenvalue weighted by Gasteiger charge is -2.03. The van der Waals surface area contributed by atoms with Crippen molar-refractivity contribution in [2.75, 3.05) is 24.7 Å². The van der Waals surface area contributed by atoms with Crippen LogP contribution >= 0.6 is 11.8 Å². The maximum atomic E-state index is 10.7. The van der Waals surface area contributed by atoms with E-state index in [1.807, 2.05) is 11.8 Å². The molecule has 0 bridgehead atoms. The van der Waals surface area contributed by atoms with Crippen LogP contribution in [0.4, 0.5) is 0 Å². The second kappa shape index (κ2) is 13.2. The van der Waals surface area contributed by atoms with Gasteiger partial charge in [0, 0.05) is 12.2 Å². The fourth-order valence-electron chi connectivity index (χ4n) is 1.18. The van der Waals surface area contributed by atoms with Crippen molar-refractivity contribution in [3.05, 3.63) is 25.3 Å². The van der Waals surface area contributed by atoms with E-state index in [4.69, 9.17) is 9.47 Å². The summed E-state index contributed by atoms with van der Waals surface area (Å²) in [5.74, 6) is 1.39. The number of hydrogen-bond acceptors (Lipinski definition) is 5. The third-order valence-electron chi connectivity index (χ3n) is 2.19. The van der Waals surface area contributed by atoms with Gasteiger partial charge in [-0.3, -0.25) is 0 Å². The molecule has 0 heterocycles. The first kappa shape index (κ1) is 17.8. The van der Waals surface area contributed by atoms with E-state index in [-0.39, 0.29) is 11.9 Å². The predicted molar refractivity (Wildman–Crippen MR) is 78.1 cm³/mol. The van der Waals surface area contributed by atoms with Crippen LogP contribution in [0.2, 0.25) is 0 Å². The summed E-state index contributed by atoms with van der Waals surface area (Å²) in [4.78, 5) is 21.5. The standard InChI is InChI=1S/C14H22O4S/c1-3-13(15)17-9-5-7-11-19-12-8-6-10-18-14(16)4-2/h3-4H,1-2,5-12H2. The Balaban J connectivity index is 3.10. The molecule has 0 N–H and O–H groups in total. The third-order valence-corrected chi connectivity index (χ3v) is 3.34. The van der Waals surface area contributed by atoms with Gasteiger partial charge in [0.2, 0.25) is 0 Å². The molecule has 108 valence electrons. The Hall–Kier alpha value is -1.23. The second-order valence-electron chi connectivity index (χ2n) is 3.77. The first-order valence-electron chi connectivity index (χ1n) is 6.37. The molecule has 0 aromatic rings. The van der Waals surface area contributed by atoms with E-state index in [1.54, 1.807) is 0 Å². The Morgan fingerprint density at radius 2 is 1.26 bits per heavy atom. The van der Waals surface area contributed by atoms with Crippen molar-refractivity contribution in [3.8, 4) is 0 Å². The number of rotatable bonds is 12. The lowest BCUT2D eigenvalue weighted by molar-refractivity contribution is -0.138. The molecule has 0 unspecified atom stereocenters. The molecule has 4 nitrogen and oxygen atoms in total. The van der Waals surface area contributed by atoms with E-state index >= 15 is 0 Å². The average molecular weight is 286 g/mol. The largest absolute Gasteiger partial charge is 0.463 e. The molecule has 0 amide bonds. The molecule has 0 aliphatic rings. The van der Waals surface area contributed by atoms with Crippen molar-refractivity contribution in [2.24, 2.45) is 0 Å². The van der Waals surface area contributed by atoms with Crippen LogP contribution in [0.25, 0.3) is 0 Å². The number of carbonyl (C=O) groups is 2. The van der Waals surface area contributed by atoms with Crippen LogP contribution in [-0.4, -0.2) is 36.7 Å². The van der Waals surface area contributed by atoms with Crippen molar-refractivity contribution in [2.45, 2.75) is 25.7 Å². The predicted octanol–water partition coefficient (Wildman–Crippen LogP) is 2.74. The molecule has 0 spiro atoms. The van der Waals surface area contributed by atoms with Gasteiger partial charge in [-0.25, -0.2) is 9.59 Å². The van der Waals surface area contributed by atoms with Crippen molar-refractivity contribution >= 4 is 23.7 Å². The van der Waals surface area contributed by atoms with E-state index in [2.05, 4.69) is 13.2 Å². The van der Waals surface area contributed by atoms with Gasteiger partial charge in [0.05, 0.1) is 13.2 Å². The van der Waals surface area contributed by atoms with Gasteiger partial charge in [0.15, 0.2) is 0 Å². The maximum Gasteiger partial charge on any atom is 0.330 e. The fraction of sp³-hybridized carbons (Fsp3) is 0.571. The molecule has 5 heteroatoms. The normalized spacial score (nSPS) is 9.68. The lowest BCUT2D eigenvalue weighted by Crippen LogP contribution is -2.02. The Labute approximate surface area is 119 Å². The number of carbonyl (C=O) groups excluding carboxylic acids is 2. The number of hydrogen-bond donors (Lipinski definition) is 0. The van der Waals surface area contributed by atoms with Gasteiger partial charge in [-0.15, -0.1) is 0 Å². The Morgan fingerprint density at radius 3 is 1.63 bits per heavy atom. The monoisotopic (exact) mass is 286 g/mol. The summed E-state index contributed by atoms with van der Waals surface area (Å²) >= 11 is 1.86. The van der Waals surface area contributed by atoms with Crippen LogP contribution in [0.1, 0.15) is 25.7 Å². The SMILES string of the molecule is C=CC(=O)OCCCCSCCCCOC(=O)C=C. The number of esters is 2. The van der Waals surface area contributed by atoms with E-state index < -0.39 is 0 Å². The van der Waals surface area contributed by atoms with E-state index in [1.165, 1.54) is 12.2 Å². The molecule has 0 fully saturated rings. The quantitative estimate of drug-likeness (QED) is 0.314. The maximum absolute atomic E-state index is 10.7. The summed E-state index contributed by atoms with van der Waals surface area (Å²) in [6.45, 7) is 7.57. The Morgan fingerprint density at radius 1 is 0.842 bits per heavy atom. The molecule has 0 atom stereocenters. The molecule has 0 aromatic carbocycles. The van der Waals surface area contributed by atoms with Crippen molar-refractivity contribution in [3.63, 3.8) is 0 Å². The van der Waals surface area contributed by atoms with Gasteiger partial charge in [-0.1, -0.05) is 13.2 Å². The molecule has 0 aliphatic heterocycles. The summed E-state index contributed by atoms with van der Waals surface area (Å²) in [5, 5.41) is 0. The van der Waals surface area contributed by atoms with Crippen molar-refractivity contribution < 1.29 is 19.1 Å². The van der Waals surface area contributed by atoms with Crippen LogP contribution in [0.3, 0.4) is 0 Å². The summed E-state index contributed by atoms with van der Waals surface area (Å²) in [5.41, 5.74) is 0. The zero-order valence-electron chi connectivity index (χ0n) is 11.3. The van der Waals surface area contributed by atoms with Crippen LogP contribution in [0.5, 0.6) is 0 Å². The number of thioether (sulfide) groups is 1. The minimum absolute atomic E-state index is 0.360. The summed E-state index contributed by atoms with van der Waals surface area (Å²) in [6.07, 6.45) is 6.16. The van der Waals surface area contributed by atoms with Gasteiger partial charge in [-0.05, 0) is 37.2 Å². The van der Waals surface area contributed by atoms with Gasteiger partial charge >= 0.3 is 11.9 Å². The van der Waals surface area contributed by atoms with Crippen LogP contribution in [0.15, 0.2) is 25.3 Å². The van der Waals surface area contributed by atoms with Gasteiger partial charge in [0.25, 0.3) is 0 Å². The molecule has 0 radical (unpaired) electrons. The molecule has 0 aliphatic carbocycles. The highest BCUT2D eigenvalue weighted by Crippen LogP contribution is 2.08. The second-order valence-corrected chi connectivity index (χ2v) is 4.99. The fourth-order valence-corrected chi connectivity index (χ4v) is 2.20. The smallest absolute Gasteiger partial charge is 0.330 e. The molecule has 0 rings (SSSR count). The Bertz CT molecular complexity index is 261. The minimum Gasteiger partial charge on any atom is -0.463 e. The highest BCUT2D eigenvalue weighted by atomic mass is 32.2. The van der Waals surface area contributed by atoms with Crippen molar-refractivity contribution in [1.82, 2.24) is 0 Å². The van der Waals surface area contributed by atoms with E-state index in [9.17, 15) is 9.59 Å². The molecule has 19 heavy (non-hydrogen) atoms. The number of ether oxygens (including phenoxy) is 2. The highest BCUT2D eigenvalue weighted by Gasteiger charge is 1.97. The summed E-state index contributed by atoms with van der Waals surface area (Å²) in [7, 11) is 0. The average Bonchev–Trinajstić information content (AvgIpc) is 2.43. The van der Waals surface area contributed by atoms with E-state index in [0.29, 0.717) is 13.2 Å². The van der Waals surface area contributed by atoms with Gasteiger partial charge in [-0.2, -0.15) is 11.8 Å². The van der Waals surface area contributed by atoms with Crippen LogP contribution in [-0.2, 0) is 19.1 Å². The zero-order valence-corrected chi connectivity index (χ0v) is 12.1. The minimum atomic E-state index is -0.360. The first-order chi connectivity index (χ1) is 9.20. The highest BCUT2D eigenvalue weighted by molar-refractivity contribution is 7.99. The molecule has 0 saturated carbocycles. The summed E-state index contributed by atoms with van der Waals surface area (Å²) in [6, 6.07) is 0. The first-order valence-corrected chi connectivity index (χ1v) is 7.52. The van der Waals surface area contributed by atoms with Crippen LogP contribution < -0.4 is 0 Å². The lowest BCUT2D eigenvalue weighted by atomic mass is 10.3. The van der Waals surface area contributed by atoms with Gasteiger partial charge < -0.3 is 9.47 Å². The number of unbranched alkanes of at least 4 members (excludes halogenated alkanes) is 2. The summed E-state index contributed by atoms with van der Waals surface area (Å²) < 4.78 is 9.72. The Kier molecular flexibility index (Phi) is 12.4. The van der Waals surface area contributed by atoms with Gasteiger partial charge in [0.1, 0.15) is 0 Å². The zero-order chi connectivity index (χ0) is 14.3. The van der Waals surface area contributed by atoms with Crippen LogP contribution in [0, 0.1) is 0 Å². The van der Waals surface area contributed by atoms with E-state index in [0.717, 1.165) is 37.2 Å². The molecular formula is C14H22O4S. The topological polar surface area (TPSA) is 52.6 Å². The molecule has 0 aromatic heterocycles. The third kappa shape index (κ3) is 13.0.